The number of nitrogens with zero attached hydrogens (tertiary/aromatic N) is 4. The predicted octanol–water partition coefficient (Wildman–Crippen LogP) is 3.29. The summed E-state index contributed by atoms with van der Waals surface area (Å²) < 4.78 is 1.97. The lowest BCUT2D eigenvalue weighted by Crippen LogP contribution is -2.38. The summed E-state index contributed by atoms with van der Waals surface area (Å²) in [4.78, 5) is 4.29. The van der Waals surface area contributed by atoms with Crippen LogP contribution in [0.4, 0.5) is 0 Å². The molecule has 1 aromatic heterocycles. The average molecular weight is 456 g/mol. The minimum Gasteiger partial charge on any atom is -0.350 e. The monoisotopic (exact) mass is 456 g/mol. The van der Waals surface area contributed by atoms with Gasteiger partial charge in [-0.3, -0.25) is 4.99 Å². The van der Waals surface area contributed by atoms with E-state index in [9.17, 15) is 0 Å². The van der Waals surface area contributed by atoms with Crippen molar-refractivity contribution in [2.75, 3.05) is 7.05 Å². The number of halogens is 1. The van der Waals surface area contributed by atoms with Gasteiger partial charge in [0.05, 0.1) is 12.6 Å². The van der Waals surface area contributed by atoms with Gasteiger partial charge in [-0.15, -0.1) is 34.2 Å². The minimum atomic E-state index is 0. The summed E-state index contributed by atoms with van der Waals surface area (Å²) >= 11 is 0. The van der Waals surface area contributed by atoms with Crippen LogP contribution in [0.15, 0.2) is 29.3 Å². The lowest BCUT2D eigenvalue weighted by Gasteiger charge is -2.19. The lowest BCUT2D eigenvalue weighted by atomic mass is 10.00. The Balaban J connectivity index is 0.00000312. The first-order chi connectivity index (χ1) is 11.4. The second kappa shape index (κ2) is 9.74. The first kappa shape index (κ1) is 21.4. The third-order valence-corrected chi connectivity index (χ3v) is 4.28. The van der Waals surface area contributed by atoms with Crippen LogP contribution in [0.5, 0.6) is 0 Å². The Bertz CT molecular complexity index is 690. The van der Waals surface area contributed by atoms with Crippen LogP contribution in [0.1, 0.15) is 55.5 Å². The number of hydrogen-bond donors (Lipinski definition) is 2. The standard InChI is InChI=1S/C18H28N6.HI/c1-12(2)15-7-9-16(10-8-15)13(3)21-18(19-5)20-11-17-23-22-14(4)24(17)6;/h7-10,12-13H,11H2,1-6H3,(H2,19,20,21);1H. The summed E-state index contributed by atoms with van der Waals surface area (Å²) in [5.41, 5.74) is 2.59. The van der Waals surface area contributed by atoms with E-state index in [4.69, 9.17) is 0 Å². The molecule has 0 bridgehead atoms. The van der Waals surface area contributed by atoms with Crippen molar-refractivity contribution in [1.29, 1.82) is 0 Å². The third kappa shape index (κ3) is 5.69. The molecule has 2 aromatic rings. The SMILES string of the molecule is CN=C(NCc1nnc(C)n1C)NC(C)c1ccc(C(C)C)cc1.I. The van der Waals surface area contributed by atoms with Gasteiger partial charge < -0.3 is 15.2 Å². The van der Waals surface area contributed by atoms with Crippen LogP contribution in [-0.4, -0.2) is 27.8 Å². The van der Waals surface area contributed by atoms with Crippen LogP contribution in [0.3, 0.4) is 0 Å². The van der Waals surface area contributed by atoms with Crippen LogP contribution >= 0.6 is 24.0 Å². The Hall–Kier alpha value is -1.64. The van der Waals surface area contributed by atoms with Gasteiger partial charge in [-0.1, -0.05) is 38.1 Å². The quantitative estimate of drug-likeness (QED) is 0.412. The predicted molar refractivity (Wildman–Crippen MR) is 113 cm³/mol. The molecule has 0 amide bonds. The first-order valence-corrected chi connectivity index (χ1v) is 8.34. The number of rotatable bonds is 5. The summed E-state index contributed by atoms with van der Waals surface area (Å²) in [5, 5.41) is 14.9. The summed E-state index contributed by atoms with van der Waals surface area (Å²) in [6.07, 6.45) is 0. The maximum Gasteiger partial charge on any atom is 0.191 e. The Labute approximate surface area is 167 Å². The fourth-order valence-corrected chi connectivity index (χ4v) is 2.42. The molecule has 1 aromatic carbocycles. The molecule has 1 heterocycles. The molecule has 0 aliphatic heterocycles. The third-order valence-electron chi connectivity index (χ3n) is 4.28. The molecule has 0 aliphatic carbocycles. The second-order valence-electron chi connectivity index (χ2n) is 6.34. The van der Waals surface area contributed by atoms with Crippen molar-refractivity contribution in [2.45, 2.75) is 46.2 Å². The first-order valence-electron chi connectivity index (χ1n) is 8.34. The normalized spacial score (nSPS) is 12.7. The number of aromatic nitrogens is 3. The van der Waals surface area contributed by atoms with Crippen LogP contribution in [-0.2, 0) is 13.6 Å². The van der Waals surface area contributed by atoms with Gasteiger partial charge in [-0.2, -0.15) is 0 Å². The van der Waals surface area contributed by atoms with E-state index < -0.39 is 0 Å². The van der Waals surface area contributed by atoms with Crippen LogP contribution in [0.25, 0.3) is 0 Å². The summed E-state index contributed by atoms with van der Waals surface area (Å²) in [6, 6.07) is 8.89. The zero-order chi connectivity index (χ0) is 17.7. The highest BCUT2D eigenvalue weighted by atomic mass is 127. The summed E-state index contributed by atoms with van der Waals surface area (Å²) in [6.45, 7) is 9.06. The number of nitrogens with one attached hydrogen (secondary N) is 2. The maximum atomic E-state index is 4.29. The highest BCUT2D eigenvalue weighted by molar-refractivity contribution is 14.0. The highest BCUT2D eigenvalue weighted by Gasteiger charge is 2.10. The van der Waals surface area contributed by atoms with Crippen molar-refractivity contribution >= 4 is 29.9 Å². The number of guanidine groups is 1. The van der Waals surface area contributed by atoms with Gasteiger partial charge in [0.1, 0.15) is 5.82 Å². The molecule has 7 heteroatoms. The molecule has 0 spiro atoms. The van der Waals surface area contributed by atoms with Crippen LogP contribution in [0, 0.1) is 6.92 Å². The van der Waals surface area contributed by atoms with Crippen LogP contribution in [0.2, 0.25) is 0 Å². The van der Waals surface area contributed by atoms with Gasteiger partial charge in [0, 0.05) is 14.1 Å². The van der Waals surface area contributed by atoms with Gasteiger partial charge in [0.2, 0.25) is 0 Å². The van der Waals surface area contributed by atoms with Crippen molar-refractivity contribution in [1.82, 2.24) is 25.4 Å². The molecule has 0 saturated heterocycles. The molecule has 25 heavy (non-hydrogen) atoms. The second-order valence-corrected chi connectivity index (χ2v) is 6.34. The van der Waals surface area contributed by atoms with Gasteiger partial charge >= 0.3 is 0 Å². The van der Waals surface area contributed by atoms with Crippen molar-refractivity contribution in [2.24, 2.45) is 12.0 Å². The molecular formula is C18H29IN6. The molecular weight excluding hydrogens is 427 g/mol. The van der Waals surface area contributed by atoms with E-state index in [1.807, 2.05) is 18.5 Å². The Kier molecular flexibility index (Phi) is 8.34. The van der Waals surface area contributed by atoms with Crippen LogP contribution < -0.4 is 10.6 Å². The molecule has 6 nitrogen and oxygen atoms in total. The van der Waals surface area contributed by atoms with E-state index in [0.717, 1.165) is 17.6 Å². The zero-order valence-corrected chi connectivity index (χ0v) is 18.2. The Morgan fingerprint density at radius 3 is 2.20 bits per heavy atom. The Morgan fingerprint density at radius 1 is 1.12 bits per heavy atom. The highest BCUT2D eigenvalue weighted by Crippen LogP contribution is 2.18. The molecule has 138 valence electrons. The van der Waals surface area contributed by atoms with Gasteiger partial charge in [-0.05, 0) is 30.9 Å². The lowest BCUT2D eigenvalue weighted by molar-refractivity contribution is 0.667. The average Bonchev–Trinajstić information content (AvgIpc) is 2.90. The molecule has 0 saturated carbocycles. The molecule has 1 atom stereocenters. The molecule has 0 aliphatic rings. The van der Waals surface area contributed by atoms with E-state index in [-0.39, 0.29) is 30.0 Å². The molecule has 0 radical (unpaired) electrons. The minimum absolute atomic E-state index is 0. The maximum absolute atomic E-state index is 4.29. The summed E-state index contributed by atoms with van der Waals surface area (Å²) in [7, 11) is 3.73. The number of aliphatic imine (C=N–C) groups is 1. The van der Waals surface area contributed by atoms with Gasteiger partial charge in [0.15, 0.2) is 11.8 Å². The van der Waals surface area contributed by atoms with Crippen molar-refractivity contribution in [3.05, 3.63) is 47.0 Å². The zero-order valence-electron chi connectivity index (χ0n) is 15.9. The fourth-order valence-electron chi connectivity index (χ4n) is 2.42. The molecule has 0 fully saturated rings. The molecule has 2 rings (SSSR count). The van der Waals surface area contributed by atoms with Gasteiger partial charge in [0.25, 0.3) is 0 Å². The topological polar surface area (TPSA) is 67.1 Å². The van der Waals surface area contributed by atoms with Crippen molar-refractivity contribution in [3.8, 4) is 0 Å². The molecule has 1 unspecified atom stereocenters. The number of hydrogen-bond acceptors (Lipinski definition) is 3. The summed E-state index contributed by atoms with van der Waals surface area (Å²) in [5.74, 6) is 3.07. The van der Waals surface area contributed by atoms with Crippen molar-refractivity contribution in [3.63, 3.8) is 0 Å². The number of aryl methyl sites for hydroxylation is 1. The largest absolute Gasteiger partial charge is 0.350 e. The van der Waals surface area contributed by atoms with E-state index >= 15 is 0 Å². The fraction of sp³-hybridized carbons (Fsp3) is 0.500. The van der Waals surface area contributed by atoms with E-state index in [2.05, 4.69) is 70.9 Å². The molecule has 2 N–H and O–H groups in total. The van der Waals surface area contributed by atoms with Gasteiger partial charge in [-0.25, -0.2) is 0 Å². The number of benzene rings is 1. The van der Waals surface area contributed by atoms with E-state index in [1.54, 1.807) is 7.05 Å². The van der Waals surface area contributed by atoms with E-state index in [1.165, 1.54) is 11.1 Å². The smallest absolute Gasteiger partial charge is 0.191 e. The van der Waals surface area contributed by atoms with Crippen molar-refractivity contribution < 1.29 is 0 Å². The van der Waals surface area contributed by atoms with E-state index in [0.29, 0.717) is 12.5 Å². The Morgan fingerprint density at radius 2 is 1.72 bits per heavy atom.